The topological polar surface area (TPSA) is 54.4 Å². The molecule has 1 aromatic carbocycles. The summed E-state index contributed by atoms with van der Waals surface area (Å²) in [5.41, 5.74) is 0.214. The number of halogens is 4. The molecule has 0 fully saturated rings. The number of aliphatic hydroxyl groups is 1. The van der Waals surface area contributed by atoms with E-state index in [-0.39, 0.29) is 10.6 Å². The molecule has 0 bridgehead atoms. The van der Waals surface area contributed by atoms with Gasteiger partial charge in [-0.15, -0.1) is 0 Å². The highest BCUT2D eigenvalue weighted by molar-refractivity contribution is 14.1. The van der Waals surface area contributed by atoms with Gasteiger partial charge in [0, 0.05) is 21.9 Å². The maximum atomic E-state index is 11.5. The van der Waals surface area contributed by atoms with Gasteiger partial charge in [-0.05, 0) is 34.7 Å². The highest BCUT2D eigenvalue weighted by atomic mass is 127. The second-order valence-corrected chi connectivity index (χ2v) is 10.3. The molecule has 0 aliphatic rings. The van der Waals surface area contributed by atoms with Gasteiger partial charge in [-0.25, -0.2) is 8.42 Å². The second kappa shape index (κ2) is 5.38. The first-order chi connectivity index (χ1) is 7.57. The van der Waals surface area contributed by atoms with Crippen LogP contribution in [0.15, 0.2) is 18.2 Å². The van der Waals surface area contributed by atoms with Crippen LogP contribution in [0, 0.1) is 0 Å². The van der Waals surface area contributed by atoms with Crippen molar-refractivity contribution in [2.75, 3.05) is 6.26 Å². The third-order valence-corrected chi connectivity index (χ3v) is 7.88. The number of alkyl halides is 2. The standard InChI is InChI=1S/C9H8Cl3IO3S/c1-17(15,16)9(12,13)8(14)6-3-2-5(10)4-7(6)11/h2-4,8,14H,1H3/t8-,9-/m1/s1. The van der Waals surface area contributed by atoms with E-state index in [0.29, 0.717) is 5.02 Å². The highest BCUT2D eigenvalue weighted by Gasteiger charge is 2.44. The summed E-state index contributed by atoms with van der Waals surface area (Å²) >= 11 is 18.9. The SMILES string of the molecule is CS(=O)(=O)[C@](Cl)(I)[C@H](O)c1ccc(Cl)cc1Cl. The zero-order valence-electron chi connectivity index (χ0n) is 8.49. The van der Waals surface area contributed by atoms with Crippen LogP contribution in [0.2, 0.25) is 10.0 Å². The van der Waals surface area contributed by atoms with Crippen LogP contribution < -0.4 is 0 Å². The number of hydrogen-bond donors (Lipinski definition) is 1. The maximum Gasteiger partial charge on any atom is 0.225 e. The van der Waals surface area contributed by atoms with E-state index in [4.69, 9.17) is 34.8 Å². The van der Waals surface area contributed by atoms with Crippen molar-refractivity contribution < 1.29 is 13.5 Å². The fourth-order valence-corrected chi connectivity index (χ4v) is 2.60. The maximum absolute atomic E-state index is 11.5. The molecule has 1 N–H and O–H groups in total. The molecular formula is C9H8Cl3IO3S. The van der Waals surface area contributed by atoms with Crippen molar-refractivity contribution in [2.45, 2.75) is 8.32 Å². The Morgan fingerprint density at radius 1 is 1.41 bits per heavy atom. The summed E-state index contributed by atoms with van der Waals surface area (Å²) in [5.74, 6) is 0. The molecule has 8 heteroatoms. The summed E-state index contributed by atoms with van der Waals surface area (Å²) in [6.07, 6.45) is -0.510. The number of hydrogen-bond acceptors (Lipinski definition) is 3. The van der Waals surface area contributed by atoms with E-state index >= 15 is 0 Å². The van der Waals surface area contributed by atoms with Crippen LogP contribution >= 0.6 is 57.4 Å². The first kappa shape index (κ1) is 15.8. The zero-order chi connectivity index (χ0) is 13.4. The van der Waals surface area contributed by atoms with Crippen molar-refractivity contribution in [2.24, 2.45) is 0 Å². The van der Waals surface area contributed by atoms with Gasteiger partial charge in [0.05, 0.1) is 0 Å². The molecular weight excluding hydrogens is 421 g/mol. The summed E-state index contributed by atoms with van der Waals surface area (Å²) in [5, 5.41) is 10.6. The molecule has 0 radical (unpaired) electrons. The highest BCUT2D eigenvalue weighted by Crippen LogP contribution is 2.44. The van der Waals surface area contributed by atoms with Gasteiger partial charge in [0.25, 0.3) is 0 Å². The second-order valence-electron chi connectivity index (χ2n) is 3.40. The summed E-state index contributed by atoms with van der Waals surface area (Å²) in [4.78, 5) is 0. The predicted molar refractivity (Wildman–Crippen MR) is 78.9 cm³/mol. The minimum Gasteiger partial charge on any atom is -0.385 e. The fraction of sp³-hybridized carbons (Fsp3) is 0.333. The molecule has 1 rings (SSSR count). The molecule has 0 heterocycles. The van der Waals surface area contributed by atoms with E-state index in [2.05, 4.69) is 0 Å². The zero-order valence-corrected chi connectivity index (χ0v) is 13.7. The Bertz CT molecular complexity index is 530. The van der Waals surface area contributed by atoms with Crippen LogP contribution in [-0.2, 0) is 9.84 Å². The Kier molecular flexibility index (Phi) is 5.00. The number of sulfone groups is 1. The molecule has 1 aromatic rings. The normalized spacial score (nSPS) is 17.5. The largest absolute Gasteiger partial charge is 0.385 e. The molecule has 0 amide bonds. The van der Waals surface area contributed by atoms with Gasteiger partial charge in [0.2, 0.25) is 2.21 Å². The molecule has 0 aromatic heterocycles. The average molecular weight is 429 g/mol. The Labute approximate surface area is 128 Å². The van der Waals surface area contributed by atoms with E-state index in [1.165, 1.54) is 40.8 Å². The molecule has 0 spiro atoms. The van der Waals surface area contributed by atoms with E-state index in [1.807, 2.05) is 0 Å². The van der Waals surface area contributed by atoms with Gasteiger partial charge < -0.3 is 5.11 Å². The summed E-state index contributed by atoms with van der Waals surface area (Å²) in [7, 11) is -3.67. The monoisotopic (exact) mass is 428 g/mol. The Morgan fingerprint density at radius 2 is 1.94 bits per heavy atom. The van der Waals surface area contributed by atoms with E-state index < -0.39 is 18.2 Å². The minimum atomic E-state index is -3.67. The van der Waals surface area contributed by atoms with Crippen LogP contribution in [0.25, 0.3) is 0 Å². The van der Waals surface area contributed by atoms with Crippen LogP contribution in [0.3, 0.4) is 0 Å². The third kappa shape index (κ3) is 3.39. The van der Waals surface area contributed by atoms with Crippen molar-refractivity contribution in [1.82, 2.24) is 0 Å². The first-order valence-corrected chi connectivity index (χ1v) is 8.38. The van der Waals surface area contributed by atoms with Gasteiger partial charge in [-0.2, -0.15) is 0 Å². The Balaban J connectivity index is 3.26. The lowest BCUT2D eigenvalue weighted by Crippen LogP contribution is -2.32. The number of benzene rings is 1. The minimum absolute atomic E-state index is 0.162. The number of aliphatic hydroxyl groups excluding tert-OH is 1. The summed E-state index contributed by atoms with van der Waals surface area (Å²) in [6, 6.07) is 4.35. The van der Waals surface area contributed by atoms with Crippen molar-refractivity contribution in [1.29, 1.82) is 0 Å². The van der Waals surface area contributed by atoms with Crippen LogP contribution in [0.4, 0.5) is 0 Å². The van der Waals surface area contributed by atoms with Crippen molar-refractivity contribution in [3.8, 4) is 0 Å². The number of rotatable bonds is 3. The Morgan fingerprint density at radius 3 is 2.35 bits per heavy atom. The van der Waals surface area contributed by atoms with E-state index in [9.17, 15) is 13.5 Å². The molecule has 17 heavy (non-hydrogen) atoms. The molecule has 0 saturated heterocycles. The lowest BCUT2D eigenvalue weighted by atomic mass is 10.1. The van der Waals surface area contributed by atoms with Crippen molar-refractivity contribution in [3.05, 3.63) is 33.8 Å². The van der Waals surface area contributed by atoms with Crippen LogP contribution in [0.5, 0.6) is 0 Å². The molecule has 0 aliphatic heterocycles. The fourth-order valence-electron chi connectivity index (χ4n) is 1.11. The molecule has 96 valence electrons. The molecule has 0 unspecified atom stereocenters. The van der Waals surface area contributed by atoms with E-state index in [1.54, 1.807) is 0 Å². The predicted octanol–water partition coefficient (Wildman–Crippen LogP) is 3.40. The third-order valence-electron chi connectivity index (χ3n) is 2.07. The lowest BCUT2D eigenvalue weighted by Gasteiger charge is -2.25. The van der Waals surface area contributed by atoms with Gasteiger partial charge >= 0.3 is 0 Å². The average Bonchev–Trinajstić information content (AvgIpc) is 2.14. The van der Waals surface area contributed by atoms with Gasteiger partial charge in [-0.1, -0.05) is 40.9 Å². The molecule has 0 saturated carbocycles. The Hall–Kier alpha value is 0.730. The van der Waals surface area contributed by atoms with Crippen LogP contribution in [0.1, 0.15) is 11.7 Å². The quantitative estimate of drug-likeness (QED) is 0.592. The summed E-state index contributed by atoms with van der Waals surface area (Å²) < 4.78 is 21.1. The lowest BCUT2D eigenvalue weighted by molar-refractivity contribution is 0.188. The molecule has 0 aliphatic carbocycles. The molecule has 3 nitrogen and oxygen atoms in total. The smallest absolute Gasteiger partial charge is 0.225 e. The van der Waals surface area contributed by atoms with Crippen LogP contribution in [-0.4, -0.2) is 22.0 Å². The van der Waals surface area contributed by atoms with Gasteiger partial charge in [-0.3, -0.25) is 0 Å². The van der Waals surface area contributed by atoms with Crippen molar-refractivity contribution in [3.63, 3.8) is 0 Å². The van der Waals surface area contributed by atoms with Crippen molar-refractivity contribution >= 4 is 67.2 Å². The molecule has 2 atom stereocenters. The first-order valence-electron chi connectivity index (χ1n) is 4.28. The van der Waals surface area contributed by atoms with E-state index in [0.717, 1.165) is 6.26 Å². The van der Waals surface area contributed by atoms with Gasteiger partial charge in [0.1, 0.15) is 6.10 Å². The van der Waals surface area contributed by atoms with Gasteiger partial charge in [0.15, 0.2) is 9.84 Å². The summed E-state index contributed by atoms with van der Waals surface area (Å²) in [6.45, 7) is 0.